The lowest BCUT2D eigenvalue weighted by Gasteiger charge is -2.25. The molecule has 1 heterocycles. The van der Waals surface area contributed by atoms with Crippen molar-refractivity contribution in [2.24, 2.45) is 0 Å². The van der Waals surface area contributed by atoms with Crippen LogP contribution in [0.15, 0.2) is 48.5 Å². The molecular weight excluding hydrogens is 549 g/mol. The highest BCUT2D eigenvalue weighted by Crippen LogP contribution is 2.46. The minimum atomic E-state index is -4.50. The zero-order chi connectivity index (χ0) is 28.2. The molecule has 0 unspecified atom stereocenters. The Morgan fingerprint density at radius 2 is 1.76 bits per heavy atom. The van der Waals surface area contributed by atoms with E-state index in [1.165, 1.54) is 17.0 Å². The summed E-state index contributed by atoms with van der Waals surface area (Å²) in [7, 11) is 0. The van der Waals surface area contributed by atoms with Crippen LogP contribution in [0.25, 0.3) is 10.4 Å². The average Bonchev–Trinajstić information content (AvgIpc) is 3.17. The minimum Gasteiger partial charge on any atom is -0.479 e. The number of carboxylic acids is 2. The number of hydrogen-bond donors (Lipinski definition) is 3. The predicted molar refractivity (Wildman–Crippen MR) is 136 cm³/mol. The number of carboxylic acid groups (broad SMARTS) is 2. The first kappa shape index (κ1) is 28.8. The van der Waals surface area contributed by atoms with Gasteiger partial charge in [0.05, 0.1) is 17.0 Å². The Labute approximate surface area is 224 Å². The van der Waals surface area contributed by atoms with Gasteiger partial charge in [0.25, 0.3) is 0 Å². The number of urea groups is 1. The molecule has 202 valence electrons. The summed E-state index contributed by atoms with van der Waals surface area (Å²) in [5, 5.41) is 21.1. The molecule has 0 fully saturated rings. The molecule has 0 aliphatic heterocycles. The van der Waals surface area contributed by atoms with Crippen LogP contribution in [0.5, 0.6) is 5.75 Å². The summed E-state index contributed by atoms with van der Waals surface area (Å²) in [6.07, 6.45) is -4.50. The Morgan fingerprint density at radius 1 is 1.11 bits per heavy atom. The van der Waals surface area contributed by atoms with E-state index in [9.17, 15) is 32.7 Å². The van der Waals surface area contributed by atoms with Gasteiger partial charge in [0, 0.05) is 11.7 Å². The molecule has 0 bridgehead atoms. The Hall–Kier alpha value is -3.77. The quantitative estimate of drug-likeness (QED) is 0.275. The number of nitrogens with one attached hydrogen (secondary N) is 1. The van der Waals surface area contributed by atoms with E-state index in [1.807, 2.05) is 0 Å². The van der Waals surface area contributed by atoms with Crippen molar-refractivity contribution in [2.75, 3.05) is 11.5 Å². The molecule has 13 heteroatoms. The molecule has 0 radical (unpaired) electrons. The molecule has 0 saturated carbocycles. The van der Waals surface area contributed by atoms with Gasteiger partial charge in [0.1, 0.15) is 5.02 Å². The van der Waals surface area contributed by atoms with Crippen molar-refractivity contribution < 1.29 is 42.5 Å². The molecular formula is C25H22ClF3N2O6S. The second-order valence-corrected chi connectivity index (χ2v) is 9.72. The molecule has 38 heavy (non-hydrogen) atoms. The summed E-state index contributed by atoms with van der Waals surface area (Å²) < 4.78 is 44.0. The molecule has 0 atom stereocenters. The highest BCUT2D eigenvalue weighted by molar-refractivity contribution is 7.18. The Morgan fingerprint density at radius 3 is 2.32 bits per heavy atom. The van der Waals surface area contributed by atoms with Gasteiger partial charge in [-0.05, 0) is 49.2 Å². The summed E-state index contributed by atoms with van der Waals surface area (Å²) in [4.78, 5) is 37.0. The smallest absolute Gasteiger partial charge is 0.416 e. The van der Waals surface area contributed by atoms with E-state index in [0.29, 0.717) is 16.8 Å². The van der Waals surface area contributed by atoms with Gasteiger partial charge in [-0.2, -0.15) is 13.2 Å². The maximum absolute atomic E-state index is 13.1. The van der Waals surface area contributed by atoms with Gasteiger partial charge in [-0.25, -0.2) is 14.4 Å². The van der Waals surface area contributed by atoms with Gasteiger partial charge in [-0.3, -0.25) is 4.90 Å². The zero-order valence-corrected chi connectivity index (χ0v) is 21.6. The SMILES string of the molecule is CC(C)NC(=O)N(Cc1ccc(C(F)(F)F)cc1)c1cccc(-c2sc(C(=O)O)c(OCC(=O)O)c2Cl)c1. The number of anilines is 1. The van der Waals surface area contributed by atoms with E-state index in [-0.39, 0.29) is 33.1 Å². The predicted octanol–water partition coefficient (Wildman–Crippen LogP) is 6.37. The van der Waals surface area contributed by atoms with Crippen molar-refractivity contribution in [3.63, 3.8) is 0 Å². The van der Waals surface area contributed by atoms with Crippen LogP contribution in [0.1, 0.15) is 34.6 Å². The Balaban J connectivity index is 2.02. The first-order valence-electron chi connectivity index (χ1n) is 11.0. The number of alkyl halides is 3. The molecule has 2 amide bonds. The number of rotatable bonds is 9. The fraction of sp³-hybridized carbons (Fsp3) is 0.240. The fourth-order valence-electron chi connectivity index (χ4n) is 3.39. The molecule has 0 saturated heterocycles. The maximum atomic E-state index is 13.1. The van der Waals surface area contributed by atoms with Gasteiger partial charge in [-0.1, -0.05) is 35.9 Å². The van der Waals surface area contributed by atoms with Crippen LogP contribution in [0.4, 0.5) is 23.7 Å². The number of amides is 2. The van der Waals surface area contributed by atoms with Crippen LogP contribution < -0.4 is 15.0 Å². The molecule has 3 rings (SSSR count). The van der Waals surface area contributed by atoms with E-state index in [2.05, 4.69) is 5.32 Å². The van der Waals surface area contributed by atoms with Crippen LogP contribution in [-0.4, -0.2) is 40.8 Å². The topological polar surface area (TPSA) is 116 Å². The van der Waals surface area contributed by atoms with Gasteiger partial charge >= 0.3 is 24.1 Å². The van der Waals surface area contributed by atoms with Crippen LogP contribution in [-0.2, 0) is 17.5 Å². The van der Waals surface area contributed by atoms with E-state index in [4.69, 9.17) is 21.4 Å². The van der Waals surface area contributed by atoms with Crippen LogP contribution >= 0.6 is 22.9 Å². The number of hydrogen-bond acceptors (Lipinski definition) is 5. The normalized spacial score (nSPS) is 11.3. The molecule has 0 aliphatic rings. The summed E-state index contributed by atoms with van der Waals surface area (Å²) in [5.74, 6) is -2.96. The van der Waals surface area contributed by atoms with Gasteiger partial charge in [0.2, 0.25) is 0 Å². The van der Waals surface area contributed by atoms with Crippen molar-refractivity contribution in [1.82, 2.24) is 5.32 Å². The minimum absolute atomic E-state index is 0.0638. The lowest BCUT2D eigenvalue weighted by Crippen LogP contribution is -2.42. The van der Waals surface area contributed by atoms with Crippen molar-refractivity contribution in [3.05, 3.63) is 69.6 Å². The highest BCUT2D eigenvalue weighted by atomic mass is 35.5. The Bertz CT molecular complexity index is 1340. The first-order valence-corrected chi connectivity index (χ1v) is 12.2. The van der Waals surface area contributed by atoms with Gasteiger partial charge in [-0.15, -0.1) is 11.3 Å². The number of halogens is 4. The molecule has 3 N–H and O–H groups in total. The number of carbonyl (C=O) groups excluding carboxylic acids is 1. The summed E-state index contributed by atoms with van der Waals surface area (Å²) in [5.41, 5.74) is 0.396. The third-order valence-electron chi connectivity index (χ3n) is 5.04. The fourth-order valence-corrected chi connectivity index (χ4v) is 4.79. The highest BCUT2D eigenvalue weighted by Gasteiger charge is 2.30. The van der Waals surface area contributed by atoms with Crippen molar-refractivity contribution in [2.45, 2.75) is 32.6 Å². The molecule has 0 aliphatic carbocycles. The standard InChI is InChI=1S/C25H22ClF3N2O6S/c1-13(2)30-24(36)31(11-14-6-8-16(9-7-14)25(27,28)29)17-5-3-4-15(10-17)21-19(26)20(37-12-18(32)33)22(38-21)23(34)35/h3-10,13H,11-12H2,1-2H3,(H,30,36)(H,32,33)(H,34,35). The van der Waals surface area contributed by atoms with Crippen molar-refractivity contribution in [3.8, 4) is 16.2 Å². The summed E-state index contributed by atoms with van der Waals surface area (Å²) in [6.45, 7) is 2.64. The van der Waals surface area contributed by atoms with Crippen molar-refractivity contribution in [1.29, 1.82) is 0 Å². The zero-order valence-electron chi connectivity index (χ0n) is 20.0. The van der Waals surface area contributed by atoms with Crippen molar-refractivity contribution >= 4 is 46.6 Å². The summed E-state index contributed by atoms with van der Waals surface area (Å²) >= 11 is 7.15. The number of aromatic carboxylic acids is 1. The maximum Gasteiger partial charge on any atom is 0.416 e. The van der Waals surface area contributed by atoms with Crippen LogP contribution in [0.3, 0.4) is 0 Å². The molecule has 0 spiro atoms. The van der Waals surface area contributed by atoms with Crippen LogP contribution in [0, 0.1) is 0 Å². The molecule has 8 nitrogen and oxygen atoms in total. The number of benzene rings is 2. The van der Waals surface area contributed by atoms with E-state index in [0.717, 1.165) is 23.5 Å². The lowest BCUT2D eigenvalue weighted by molar-refractivity contribution is -0.139. The second-order valence-electron chi connectivity index (χ2n) is 8.33. The van der Waals surface area contributed by atoms with E-state index < -0.39 is 36.3 Å². The second kappa shape index (κ2) is 11.7. The van der Waals surface area contributed by atoms with Gasteiger partial charge < -0.3 is 20.3 Å². The number of aliphatic carboxylic acids is 1. The average molecular weight is 571 g/mol. The van der Waals surface area contributed by atoms with Crippen LogP contribution in [0.2, 0.25) is 5.02 Å². The monoisotopic (exact) mass is 570 g/mol. The third-order valence-corrected chi connectivity index (χ3v) is 6.72. The first-order chi connectivity index (χ1) is 17.8. The number of thiophene rings is 1. The third kappa shape index (κ3) is 6.95. The molecule has 2 aromatic carbocycles. The number of carbonyl (C=O) groups is 3. The lowest BCUT2D eigenvalue weighted by atomic mass is 10.1. The van der Waals surface area contributed by atoms with E-state index >= 15 is 0 Å². The largest absolute Gasteiger partial charge is 0.479 e. The molecule has 1 aromatic heterocycles. The summed E-state index contributed by atoms with van der Waals surface area (Å²) in [6, 6.07) is 10.1. The number of nitrogens with zero attached hydrogens (tertiary/aromatic N) is 1. The Kier molecular flexibility index (Phi) is 8.89. The van der Waals surface area contributed by atoms with E-state index in [1.54, 1.807) is 38.1 Å². The number of ether oxygens (including phenoxy) is 1. The molecule has 3 aromatic rings. The van der Waals surface area contributed by atoms with Gasteiger partial charge in [0.15, 0.2) is 17.2 Å².